The maximum atomic E-state index is 12.8. The third kappa shape index (κ3) is 4.23. The Bertz CT molecular complexity index is 955. The molecule has 3 heterocycles. The molecule has 27 heavy (non-hydrogen) atoms. The second kappa shape index (κ2) is 8.95. The van der Waals surface area contributed by atoms with E-state index in [0.29, 0.717) is 24.6 Å². The van der Waals surface area contributed by atoms with Gasteiger partial charge in [0.05, 0.1) is 0 Å². The molecule has 1 aliphatic heterocycles. The number of rotatable bonds is 3. The van der Waals surface area contributed by atoms with Crippen LogP contribution in [0.15, 0.2) is 21.2 Å². The first-order chi connectivity index (χ1) is 11.8. The lowest BCUT2D eigenvalue weighted by Crippen LogP contribution is -2.44. The van der Waals surface area contributed by atoms with Gasteiger partial charge in [0.2, 0.25) is 5.95 Å². The Hall–Kier alpha value is -1.77. The van der Waals surface area contributed by atoms with E-state index in [1.807, 2.05) is 24.5 Å². The van der Waals surface area contributed by atoms with E-state index in [2.05, 4.69) is 9.88 Å². The maximum Gasteiger partial charge on any atom is 0.293 e. The predicted molar refractivity (Wildman–Crippen MR) is 114 cm³/mol. The molecule has 0 aliphatic carbocycles. The molecule has 0 radical (unpaired) electrons. The number of allylic oxidation sites excluding steroid dienone is 2. The van der Waals surface area contributed by atoms with E-state index in [-0.39, 0.29) is 47.5 Å². The quantitative estimate of drug-likeness (QED) is 0.755. The summed E-state index contributed by atoms with van der Waals surface area (Å²) in [6.45, 7) is 6.02. The molecular weight excluding hydrogens is 391 g/mol. The summed E-state index contributed by atoms with van der Waals surface area (Å²) in [5.74, 6) is 0.656. The minimum Gasteiger partial charge on any atom is -0.341 e. The summed E-state index contributed by atoms with van der Waals surface area (Å²) >= 11 is 0. The minimum atomic E-state index is -0.268. The molecule has 8 nitrogen and oxygen atoms in total. The van der Waals surface area contributed by atoms with Crippen molar-refractivity contribution in [3.8, 4) is 0 Å². The Morgan fingerprint density at radius 1 is 1.19 bits per heavy atom. The molecule has 0 aromatic carbocycles. The first-order valence-corrected chi connectivity index (χ1v) is 8.61. The fourth-order valence-electron chi connectivity index (χ4n) is 3.27. The third-order valence-electron chi connectivity index (χ3n) is 4.81. The molecule has 10 heteroatoms. The van der Waals surface area contributed by atoms with E-state index in [9.17, 15) is 9.59 Å². The van der Waals surface area contributed by atoms with Crippen LogP contribution in [0.1, 0.15) is 26.7 Å². The lowest BCUT2D eigenvalue weighted by atomic mass is 10.1. The Morgan fingerprint density at radius 3 is 2.41 bits per heavy atom. The second-order valence-corrected chi connectivity index (χ2v) is 7.01. The van der Waals surface area contributed by atoms with Crippen LogP contribution in [0.2, 0.25) is 0 Å². The standard InChI is InChI=1S/C17H26N6O2.2ClH/c1-11(2)7-9-23-14-13(15(24)20(3)21(4)16(14)25)19-17(23)22-8-5-6-12(18)10-22;;/h7,12H,5-6,8-10,18H2,1-4H3;2*1H/t12-;;/m0../s1. The van der Waals surface area contributed by atoms with Gasteiger partial charge in [0, 0.05) is 39.8 Å². The van der Waals surface area contributed by atoms with Crippen LogP contribution in [-0.4, -0.2) is 38.0 Å². The highest BCUT2D eigenvalue weighted by atomic mass is 35.5. The topological polar surface area (TPSA) is 91.1 Å². The zero-order chi connectivity index (χ0) is 18.3. The van der Waals surface area contributed by atoms with Crippen molar-refractivity contribution >= 4 is 41.8 Å². The van der Waals surface area contributed by atoms with Crippen LogP contribution in [0.4, 0.5) is 5.95 Å². The molecule has 0 spiro atoms. The van der Waals surface area contributed by atoms with Crippen molar-refractivity contribution in [3.05, 3.63) is 32.4 Å². The van der Waals surface area contributed by atoms with Gasteiger partial charge in [0.15, 0.2) is 5.52 Å². The molecule has 2 N–H and O–H groups in total. The van der Waals surface area contributed by atoms with Gasteiger partial charge in [-0.2, -0.15) is 0 Å². The van der Waals surface area contributed by atoms with Gasteiger partial charge in [-0.1, -0.05) is 11.6 Å². The number of hydrogen-bond acceptors (Lipinski definition) is 5. The van der Waals surface area contributed by atoms with Crippen LogP contribution in [-0.2, 0) is 20.6 Å². The molecule has 3 rings (SSSR count). The van der Waals surface area contributed by atoms with Crippen LogP contribution in [0.5, 0.6) is 0 Å². The van der Waals surface area contributed by atoms with E-state index >= 15 is 0 Å². The van der Waals surface area contributed by atoms with Gasteiger partial charge in [0.25, 0.3) is 11.1 Å². The molecule has 0 unspecified atom stereocenters. The lowest BCUT2D eigenvalue weighted by molar-refractivity contribution is 0.495. The number of fused-ring (bicyclic) bond motifs is 1. The Kier molecular flexibility index (Phi) is 7.71. The van der Waals surface area contributed by atoms with Crippen molar-refractivity contribution < 1.29 is 0 Å². The zero-order valence-corrected chi connectivity index (χ0v) is 17.8. The highest BCUT2D eigenvalue weighted by molar-refractivity contribution is 5.85. The van der Waals surface area contributed by atoms with Gasteiger partial charge in [-0.25, -0.2) is 14.3 Å². The summed E-state index contributed by atoms with van der Waals surface area (Å²) < 4.78 is 4.48. The number of imidazole rings is 1. The molecule has 0 bridgehead atoms. The number of nitrogens with zero attached hydrogens (tertiary/aromatic N) is 5. The second-order valence-electron chi connectivity index (χ2n) is 7.01. The summed E-state index contributed by atoms with van der Waals surface area (Å²) in [7, 11) is 3.17. The average molecular weight is 419 g/mol. The fourth-order valence-corrected chi connectivity index (χ4v) is 3.27. The Labute approximate surface area is 170 Å². The normalized spacial score (nSPS) is 16.6. The number of piperidine rings is 1. The van der Waals surface area contributed by atoms with E-state index in [1.54, 1.807) is 14.1 Å². The SMILES string of the molecule is CC(C)=CCn1c(N2CCC[C@H](N)C2)nc2c(=O)n(C)n(C)c(=O)c21.Cl.Cl. The van der Waals surface area contributed by atoms with E-state index in [0.717, 1.165) is 25.0 Å². The molecule has 1 fully saturated rings. The molecule has 0 amide bonds. The van der Waals surface area contributed by atoms with Crippen LogP contribution < -0.4 is 21.8 Å². The minimum absolute atomic E-state index is 0. The first kappa shape index (κ1) is 23.3. The van der Waals surface area contributed by atoms with Crippen molar-refractivity contribution in [2.75, 3.05) is 18.0 Å². The number of anilines is 1. The molecule has 1 saturated heterocycles. The summed E-state index contributed by atoms with van der Waals surface area (Å²) in [6, 6.07) is 0.0798. The highest BCUT2D eigenvalue weighted by Gasteiger charge is 2.25. The predicted octanol–water partition coefficient (Wildman–Crippen LogP) is 1.17. The monoisotopic (exact) mass is 418 g/mol. The van der Waals surface area contributed by atoms with Gasteiger partial charge in [-0.3, -0.25) is 9.59 Å². The largest absolute Gasteiger partial charge is 0.341 e. The van der Waals surface area contributed by atoms with Gasteiger partial charge >= 0.3 is 0 Å². The third-order valence-corrected chi connectivity index (χ3v) is 4.81. The van der Waals surface area contributed by atoms with Crippen molar-refractivity contribution in [3.63, 3.8) is 0 Å². The Morgan fingerprint density at radius 2 is 1.81 bits per heavy atom. The highest BCUT2D eigenvalue weighted by Crippen LogP contribution is 2.22. The van der Waals surface area contributed by atoms with Crippen LogP contribution in [0.25, 0.3) is 11.0 Å². The van der Waals surface area contributed by atoms with Crippen LogP contribution >= 0.6 is 24.8 Å². The van der Waals surface area contributed by atoms with Crippen molar-refractivity contribution in [2.45, 2.75) is 39.3 Å². The zero-order valence-electron chi connectivity index (χ0n) is 16.1. The summed E-state index contributed by atoms with van der Waals surface area (Å²) in [6.07, 6.45) is 3.99. The van der Waals surface area contributed by atoms with Crippen molar-refractivity contribution in [1.29, 1.82) is 0 Å². The number of halogens is 2. The van der Waals surface area contributed by atoms with E-state index < -0.39 is 0 Å². The Balaban J connectivity index is 0.00000182. The van der Waals surface area contributed by atoms with E-state index in [1.165, 1.54) is 9.36 Å². The first-order valence-electron chi connectivity index (χ1n) is 8.61. The fraction of sp³-hybridized carbons (Fsp3) is 0.588. The summed E-state index contributed by atoms with van der Waals surface area (Å²) in [5, 5.41) is 0. The molecular formula is C17H28Cl2N6O2. The van der Waals surface area contributed by atoms with Crippen LogP contribution in [0.3, 0.4) is 0 Å². The lowest BCUT2D eigenvalue weighted by Gasteiger charge is -2.31. The van der Waals surface area contributed by atoms with Gasteiger partial charge in [0.1, 0.15) is 5.52 Å². The van der Waals surface area contributed by atoms with Gasteiger partial charge in [-0.05, 0) is 26.7 Å². The molecule has 0 saturated carbocycles. The molecule has 2 aromatic rings. The molecule has 1 aliphatic rings. The molecule has 2 aromatic heterocycles. The smallest absolute Gasteiger partial charge is 0.293 e. The van der Waals surface area contributed by atoms with Gasteiger partial charge < -0.3 is 15.2 Å². The van der Waals surface area contributed by atoms with E-state index in [4.69, 9.17) is 5.73 Å². The van der Waals surface area contributed by atoms with Crippen molar-refractivity contribution in [1.82, 2.24) is 18.9 Å². The average Bonchev–Trinajstić information content (AvgIpc) is 2.96. The number of nitrogens with two attached hydrogens (primary N) is 1. The van der Waals surface area contributed by atoms with Gasteiger partial charge in [-0.15, -0.1) is 24.8 Å². The molecule has 1 atom stereocenters. The number of aromatic nitrogens is 4. The van der Waals surface area contributed by atoms with Crippen LogP contribution in [0, 0.1) is 0 Å². The number of hydrogen-bond donors (Lipinski definition) is 1. The maximum absolute atomic E-state index is 12.8. The summed E-state index contributed by atoms with van der Waals surface area (Å²) in [5.41, 5.74) is 7.35. The van der Waals surface area contributed by atoms with Crippen molar-refractivity contribution in [2.24, 2.45) is 19.8 Å². The molecule has 152 valence electrons. The summed E-state index contributed by atoms with van der Waals surface area (Å²) in [4.78, 5) is 32.1.